The Kier molecular flexibility index (Phi) is 5.26. The molecule has 1 aliphatic rings. The van der Waals surface area contributed by atoms with Crippen molar-refractivity contribution in [1.29, 1.82) is 0 Å². The zero-order valence-corrected chi connectivity index (χ0v) is 14.3. The number of hydrogen-bond acceptors (Lipinski definition) is 4. The number of amides is 1. The van der Waals surface area contributed by atoms with Crippen molar-refractivity contribution in [1.82, 2.24) is 25.2 Å². The summed E-state index contributed by atoms with van der Waals surface area (Å²) < 4.78 is 40.4. The number of hydrogen-bond donors (Lipinski definition) is 1. The number of aromatic nitrogens is 3. The maximum Gasteiger partial charge on any atom is 0.418 e. The molecule has 1 fully saturated rings. The zero-order valence-electron chi connectivity index (χ0n) is 14.3. The van der Waals surface area contributed by atoms with Crippen LogP contribution < -0.4 is 5.32 Å². The number of likely N-dealkylation sites (tertiary alicyclic amines) is 1. The van der Waals surface area contributed by atoms with Crippen LogP contribution in [0.15, 0.2) is 30.5 Å². The van der Waals surface area contributed by atoms with Crippen molar-refractivity contribution in [3.63, 3.8) is 0 Å². The fraction of sp³-hybridized carbons (Fsp3) is 0.471. The normalized spacial score (nSPS) is 16.1. The third-order valence-electron chi connectivity index (χ3n) is 4.56. The van der Waals surface area contributed by atoms with E-state index in [9.17, 15) is 18.0 Å². The van der Waals surface area contributed by atoms with E-state index in [1.807, 2.05) is 7.05 Å². The number of piperidine rings is 1. The lowest BCUT2D eigenvalue weighted by atomic mass is 9.97. The number of nitrogens with one attached hydrogen (secondary N) is 1. The lowest BCUT2D eigenvalue weighted by molar-refractivity contribution is -0.137. The van der Waals surface area contributed by atoms with Gasteiger partial charge in [0.15, 0.2) is 5.69 Å². The Labute approximate surface area is 149 Å². The molecule has 2 aromatic rings. The molecular formula is C17H20F3N5O. The quantitative estimate of drug-likeness (QED) is 0.901. The predicted molar refractivity (Wildman–Crippen MR) is 88.9 cm³/mol. The maximum atomic E-state index is 13.1. The second-order valence-corrected chi connectivity index (χ2v) is 6.36. The molecule has 9 heteroatoms. The van der Waals surface area contributed by atoms with Crippen LogP contribution in [0.3, 0.4) is 0 Å². The largest absolute Gasteiger partial charge is 0.418 e. The number of nitrogens with zero attached hydrogens (tertiary/aromatic N) is 4. The molecular weight excluding hydrogens is 347 g/mol. The fourth-order valence-corrected chi connectivity index (χ4v) is 3.18. The number of halogens is 3. The van der Waals surface area contributed by atoms with E-state index in [2.05, 4.69) is 15.6 Å². The van der Waals surface area contributed by atoms with Gasteiger partial charge >= 0.3 is 6.18 Å². The van der Waals surface area contributed by atoms with Gasteiger partial charge in [0.05, 0.1) is 17.4 Å². The van der Waals surface area contributed by atoms with E-state index in [1.165, 1.54) is 24.4 Å². The van der Waals surface area contributed by atoms with Crippen molar-refractivity contribution in [3.8, 4) is 5.69 Å². The van der Waals surface area contributed by atoms with Crippen molar-refractivity contribution in [3.05, 3.63) is 41.7 Å². The molecule has 3 rings (SSSR count). The van der Waals surface area contributed by atoms with Gasteiger partial charge in [-0.05, 0) is 44.5 Å². The van der Waals surface area contributed by atoms with Gasteiger partial charge < -0.3 is 10.2 Å². The highest BCUT2D eigenvalue weighted by atomic mass is 19.4. The van der Waals surface area contributed by atoms with Crippen LogP contribution >= 0.6 is 0 Å². The monoisotopic (exact) mass is 367 g/mol. The standard InChI is InChI=1S/C17H20F3N5O/c1-21-10-12-6-8-24(9-7-12)16(26)14-11-25(23-22-14)15-5-3-2-4-13(15)17(18,19)20/h2-5,11-12,21H,6-10H2,1H3. The van der Waals surface area contributed by atoms with E-state index >= 15 is 0 Å². The van der Waals surface area contributed by atoms with Crippen LogP contribution in [0.4, 0.5) is 13.2 Å². The Morgan fingerprint density at radius 2 is 1.96 bits per heavy atom. The second kappa shape index (κ2) is 7.45. The van der Waals surface area contributed by atoms with Gasteiger partial charge in [-0.25, -0.2) is 4.68 Å². The number of para-hydroxylation sites is 1. The summed E-state index contributed by atoms with van der Waals surface area (Å²) in [5, 5.41) is 10.6. The summed E-state index contributed by atoms with van der Waals surface area (Å²) in [6.45, 7) is 2.13. The molecule has 6 nitrogen and oxygen atoms in total. The molecule has 0 unspecified atom stereocenters. The zero-order chi connectivity index (χ0) is 18.7. The average molecular weight is 367 g/mol. The summed E-state index contributed by atoms with van der Waals surface area (Å²) in [7, 11) is 1.90. The molecule has 1 aromatic heterocycles. The van der Waals surface area contributed by atoms with Crippen LogP contribution in [0.2, 0.25) is 0 Å². The van der Waals surface area contributed by atoms with Crippen LogP contribution in [-0.2, 0) is 6.18 Å². The van der Waals surface area contributed by atoms with Crippen LogP contribution in [0.25, 0.3) is 5.69 Å². The molecule has 0 bridgehead atoms. The molecule has 0 radical (unpaired) electrons. The molecule has 26 heavy (non-hydrogen) atoms. The van der Waals surface area contributed by atoms with Gasteiger partial charge in [-0.15, -0.1) is 5.10 Å². The molecule has 1 saturated heterocycles. The highest BCUT2D eigenvalue weighted by molar-refractivity contribution is 5.92. The molecule has 1 N–H and O–H groups in total. The van der Waals surface area contributed by atoms with Crippen LogP contribution in [0, 0.1) is 5.92 Å². The highest BCUT2D eigenvalue weighted by Gasteiger charge is 2.34. The van der Waals surface area contributed by atoms with Gasteiger partial charge in [0.1, 0.15) is 0 Å². The molecule has 1 amide bonds. The SMILES string of the molecule is CNCC1CCN(C(=O)c2cn(-c3ccccc3C(F)(F)F)nn2)CC1. The van der Waals surface area contributed by atoms with E-state index in [-0.39, 0.29) is 17.3 Å². The topological polar surface area (TPSA) is 63.1 Å². The molecule has 0 atom stereocenters. The Balaban J connectivity index is 1.76. The number of rotatable bonds is 4. The molecule has 1 aromatic carbocycles. The molecule has 0 spiro atoms. The molecule has 0 saturated carbocycles. The molecule has 1 aliphatic heterocycles. The van der Waals surface area contributed by atoms with E-state index < -0.39 is 11.7 Å². The first-order valence-corrected chi connectivity index (χ1v) is 8.43. The summed E-state index contributed by atoms with van der Waals surface area (Å²) >= 11 is 0. The lowest BCUT2D eigenvalue weighted by Crippen LogP contribution is -2.40. The number of carbonyl (C=O) groups is 1. The summed E-state index contributed by atoms with van der Waals surface area (Å²) in [5.74, 6) is 0.224. The maximum absolute atomic E-state index is 13.1. The van der Waals surface area contributed by atoms with Gasteiger partial charge in [0.25, 0.3) is 5.91 Å². The van der Waals surface area contributed by atoms with Crippen molar-refractivity contribution in [2.45, 2.75) is 19.0 Å². The fourth-order valence-electron chi connectivity index (χ4n) is 3.18. The number of alkyl halides is 3. The van der Waals surface area contributed by atoms with E-state index in [0.29, 0.717) is 19.0 Å². The summed E-state index contributed by atoms with van der Waals surface area (Å²) in [6.07, 6.45) is -1.48. The summed E-state index contributed by atoms with van der Waals surface area (Å²) in [6, 6.07) is 5.07. The van der Waals surface area contributed by atoms with Gasteiger partial charge in [-0.2, -0.15) is 13.2 Å². The number of carbonyl (C=O) groups excluding carboxylic acids is 1. The minimum absolute atomic E-state index is 0.0500. The minimum Gasteiger partial charge on any atom is -0.337 e. The highest BCUT2D eigenvalue weighted by Crippen LogP contribution is 2.33. The summed E-state index contributed by atoms with van der Waals surface area (Å²) in [5.41, 5.74) is -0.926. The van der Waals surface area contributed by atoms with E-state index in [0.717, 1.165) is 30.1 Å². The van der Waals surface area contributed by atoms with Crippen LogP contribution in [0.5, 0.6) is 0 Å². The van der Waals surface area contributed by atoms with Gasteiger partial charge in [-0.3, -0.25) is 4.79 Å². The van der Waals surface area contributed by atoms with Crippen LogP contribution in [0.1, 0.15) is 28.9 Å². The van der Waals surface area contributed by atoms with Crippen LogP contribution in [-0.4, -0.2) is 52.5 Å². The Morgan fingerprint density at radius 1 is 1.27 bits per heavy atom. The third-order valence-corrected chi connectivity index (χ3v) is 4.56. The minimum atomic E-state index is -4.51. The van der Waals surface area contributed by atoms with Gasteiger partial charge in [0, 0.05) is 13.1 Å². The average Bonchev–Trinajstić information content (AvgIpc) is 3.11. The molecule has 140 valence electrons. The van der Waals surface area contributed by atoms with Crippen molar-refractivity contribution in [2.24, 2.45) is 5.92 Å². The Bertz CT molecular complexity index is 766. The molecule has 2 heterocycles. The van der Waals surface area contributed by atoms with Gasteiger partial charge in [0.2, 0.25) is 0 Å². The second-order valence-electron chi connectivity index (χ2n) is 6.36. The first-order valence-electron chi connectivity index (χ1n) is 8.43. The first kappa shape index (κ1) is 18.4. The smallest absolute Gasteiger partial charge is 0.337 e. The van der Waals surface area contributed by atoms with E-state index in [4.69, 9.17) is 0 Å². The van der Waals surface area contributed by atoms with Crippen molar-refractivity contribution in [2.75, 3.05) is 26.7 Å². The van der Waals surface area contributed by atoms with Crippen molar-refractivity contribution >= 4 is 5.91 Å². The number of benzene rings is 1. The molecule has 0 aliphatic carbocycles. The Morgan fingerprint density at radius 3 is 2.62 bits per heavy atom. The third kappa shape index (κ3) is 3.87. The first-order chi connectivity index (χ1) is 12.4. The summed E-state index contributed by atoms with van der Waals surface area (Å²) in [4.78, 5) is 14.2. The Hall–Kier alpha value is -2.42. The lowest BCUT2D eigenvalue weighted by Gasteiger charge is -2.31. The predicted octanol–water partition coefficient (Wildman–Crippen LogP) is 2.36. The van der Waals surface area contributed by atoms with Gasteiger partial charge in [-0.1, -0.05) is 17.3 Å². The van der Waals surface area contributed by atoms with Crippen molar-refractivity contribution < 1.29 is 18.0 Å². The van der Waals surface area contributed by atoms with E-state index in [1.54, 1.807) is 4.90 Å².